The molecule has 3 rings (SSSR count). The molecule has 1 aliphatic heterocycles. The average molecular weight is 337 g/mol. The van der Waals surface area contributed by atoms with E-state index in [9.17, 15) is 13.2 Å². The fraction of sp³-hybridized carbons (Fsp3) is 0.588. The quantitative estimate of drug-likeness (QED) is 0.842. The van der Waals surface area contributed by atoms with E-state index in [1.54, 1.807) is 25.9 Å². The molecule has 1 fully saturated rings. The van der Waals surface area contributed by atoms with Crippen LogP contribution in [0, 0.1) is 0 Å². The summed E-state index contributed by atoms with van der Waals surface area (Å²) in [7, 11) is -1.78. The Morgan fingerprint density at radius 1 is 1.30 bits per heavy atom. The predicted molar refractivity (Wildman–Crippen MR) is 88.1 cm³/mol. The van der Waals surface area contributed by atoms with Gasteiger partial charge in [0.05, 0.1) is 12.4 Å². The first-order valence-corrected chi connectivity index (χ1v) is 9.51. The molecule has 0 bridgehead atoms. The lowest BCUT2D eigenvalue weighted by Gasteiger charge is -2.35. The van der Waals surface area contributed by atoms with Crippen LogP contribution in [0.1, 0.15) is 37.8 Å². The van der Waals surface area contributed by atoms with Gasteiger partial charge in [-0.2, -0.15) is 0 Å². The van der Waals surface area contributed by atoms with E-state index in [-0.39, 0.29) is 11.2 Å². The summed E-state index contributed by atoms with van der Waals surface area (Å²) in [5.41, 5.74) is 2.14. The maximum absolute atomic E-state index is 12.9. The molecule has 0 unspecified atom stereocenters. The van der Waals surface area contributed by atoms with Crippen LogP contribution in [0.5, 0.6) is 5.75 Å². The molecule has 23 heavy (non-hydrogen) atoms. The molecular formula is C17H23NO4S. The van der Waals surface area contributed by atoms with Crippen molar-refractivity contribution >= 4 is 15.7 Å². The minimum Gasteiger partial charge on any atom is -0.496 e. The second-order valence-corrected chi connectivity index (χ2v) is 9.61. The molecular weight excluding hydrogens is 314 g/mol. The molecule has 1 aromatic carbocycles. The zero-order chi connectivity index (χ0) is 16.8. The number of carbonyl (C=O) groups excluding carboxylic acids is 1. The minimum absolute atomic E-state index is 0.294. The number of methoxy groups -OCH3 is 1. The van der Waals surface area contributed by atoms with Gasteiger partial charge < -0.3 is 9.64 Å². The van der Waals surface area contributed by atoms with Crippen LogP contribution in [-0.4, -0.2) is 42.9 Å². The van der Waals surface area contributed by atoms with Gasteiger partial charge in [-0.3, -0.25) is 4.79 Å². The number of nitrogens with zero attached hydrogens (tertiary/aromatic N) is 1. The van der Waals surface area contributed by atoms with Crippen LogP contribution in [0.3, 0.4) is 0 Å². The summed E-state index contributed by atoms with van der Waals surface area (Å²) in [6.07, 6.45) is 2.04. The number of rotatable bonds is 4. The summed E-state index contributed by atoms with van der Waals surface area (Å²) in [6, 6.07) is 5.79. The van der Waals surface area contributed by atoms with Gasteiger partial charge in [0.25, 0.3) is 0 Å². The zero-order valence-electron chi connectivity index (χ0n) is 13.8. The Balaban J connectivity index is 1.84. The van der Waals surface area contributed by atoms with Crippen LogP contribution in [0.15, 0.2) is 18.2 Å². The van der Waals surface area contributed by atoms with Crippen molar-refractivity contribution in [3.63, 3.8) is 0 Å². The number of benzene rings is 1. The molecule has 1 aliphatic carbocycles. The molecule has 0 spiro atoms. The summed E-state index contributed by atoms with van der Waals surface area (Å²) in [4.78, 5) is 14.5. The minimum atomic E-state index is -3.42. The summed E-state index contributed by atoms with van der Waals surface area (Å²) < 4.78 is 29.2. The maximum atomic E-state index is 12.9. The number of hydrogen-bond acceptors (Lipinski definition) is 4. The van der Waals surface area contributed by atoms with Crippen LogP contribution < -0.4 is 4.74 Å². The van der Waals surface area contributed by atoms with Crippen molar-refractivity contribution in [2.45, 2.75) is 49.7 Å². The van der Waals surface area contributed by atoms with E-state index in [1.165, 1.54) is 0 Å². The highest BCUT2D eigenvalue weighted by molar-refractivity contribution is 7.94. The fourth-order valence-corrected chi connectivity index (χ4v) is 5.20. The van der Waals surface area contributed by atoms with Crippen molar-refractivity contribution in [2.75, 3.05) is 13.7 Å². The largest absolute Gasteiger partial charge is 0.496 e. The van der Waals surface area contributed by atoms with E-state index in [2.05, 4.69) is 0 Å². The number of fused-ring (bicyclic) bond motifs is 1. The number of sulfone groups is 1. The SMILES string of the molecule is COc1cccc2c1CCN(C(=O)C(C)(C)S(=O)(=O)C1CC1)C2. The summed E-state index contributed by atoms with van der Waals surface area (Å²) in [5, 5.41) is -0.335. The highest BCUT2D eigenvalue weighted by Gasteiger charge is 2.51. The Bertz CT molecular complexity index is 735. The molecule has 0 atom stereocenters. The molecule has 0 saturated heterocycles. The lowest BCUT2D eigenvalue weighted by atomic mass is 9.97. The smallest absolute Gasteiger partial charge is 0.243 e. The Hall–Kier alpha value is -1.56. The third-order valence-electron chi connectivity index (χ3n) is 4.92. The average Bonchev–Trinajstić information content (AvgIpc) is 3.38. The Morgan fingerprint density at radius 3 is 2.61 bits per heavy atom. The van der Waals surface area contributed by atoms with Crippen LogP contribution in [0.25, 0.3) is 0 Å². The van der Waals surface area contributed by atoms with Gasteiger partial charge in [0, 0.05) is 18.7 Å². The van der Waals surface area contributed by atoms with Crippen molar-refractivity contribution in [3.05, 3.63) is 29.3 Å². The van der Waals surface area contributed by atoms with Crippen molar-refractivity contribution in [2.24, 2.45) is 0 Å². The molecule has 1 amide bonds. The molecule has 126 valence electrons. The third kappa shape index (κ3) is 2.63. The maximum Gasteiger partial charge on any atom is 0.243 e. The standard InChI is InChI=1S/C17H23NO4S/c1-17(2,23(20,21)13-7-8-13)16(19)18-10-9-14-12(11-18)5-4-6-15(14)22-3/h4-6,13H,7-11H2,1-3H3. The number of hydrogen-bond donors (Lipinski definition) is 0. The highest BCUT2D eigenvalue weighted by Crippen LogP contribution is 2.38. The second-order valence-electron chi connectivity index (χ2n) is 6.83. The normalized spacial score (nSPS) is 18.5. The molecule has 1 saturated carbocycles. The molecule has 2 aliphatic rings. The van der Waals surface area contributed by atoms with E-state index in [0.717, 1.165) is 16.9 Å². The molecule has 0 N–H and O–H groups in total. The number of carbonyl (C=O) groups is 1. The summed E-state index contributed by atoms with van der Waals surface area (Å²) in [6.45, 7) is 4.05. The predicted octanol–water partition coefficient (Wildman–Crippen LogP) is 1.94. The van der Waals surface area contributed by atoms with E-state index >= 15 is 0 Å². The van der Waals surface area contributed by atoms with Crippen LogP contribution in [0.4, 0.5) is 0 Å². The van der Waals surface area contributed by atoms with Gasteiger partial charge in [-0.25, -0.2) is 8.42 Å². The lowest BCUT2D eigenvalue weighted by Crippen LogP contribution is -2.52. The zero-order valence-corrected chi connectivity index (χ0v) is 14.6. The van der Waals surface area contributed by atoms with Crippen molar-refractivity contribution < 1.29 is 17.9 Å². The molecule has 1 heterocycles. The topological polar surface area (TPSA) is 63.7 Å². The lowest BCUT2D eigenvalue weighted by molar-refractivity contribution is -0.134. The third-order valence-corrected chi connectivity index (χ3v) is 7.87. The van der Waals surface area contributed by atoms with Crippen LogP contribution in [0.2, 0.25) is 0 Å². The van der Waals surface area contributed by atoms with Gasteiger partial charge in [-0.1, -0.05) is 12.1 Å². The fourth-order valence-electron chi connectivity index (χ4n) is 3.24. The summed E-state index contributed by atoms with van der Waals surface area (Å²) in [5.74, 6) is 0.539. The van der Waals surface area contributed by atoms with Gasteiger partial charge in [0.2, 0.25) is 5.91 Å². The first-order chi connectivity index (χ1) is 10.8. The van der Waals surface area contributed by atoms with Gasteiger partial charge in [0.1, 0.15) is 10.5 Å². The second kappa shape index (κ2) is 5.51. The van der Waals surface area contributed by atoms with Crippen LogP contribution >= 0.6 is 0 Å². The van der Waals surface area contributed by atoms with Crippen molar-refractivity contribution in [1.82, 2.24) is 4.90 Å². The van der Waals surface area contributed by atoms with Crippen molar-refractivity contribution in [1.29, 1.82) is 0 Å². The first kappa shape index (κ1) is 16.3. The Kier molecular flexibility index (Phi) is 3.91. The van der Waals surface area contributed by atoms with Gasteiger partial charge in [-0.15, -0.1) is 0 Å². The molecule has 6 heteroatoms. The van der Waals surface area contributed by atoms with Crippen molar-refractivity contribution in [3.8, 4) is 5.75 Å². The van der Waals surface area contributed by atoms with E-state index in [0.29, 0.717) is 32.4 Å². The first-order valence-electron chi connectivity index (χ1n) is 7.96. The Morgan fingerprint density at radius 2 is 2.00 bits per heavy atom. The number of ether oxygens (including phenoxy) is 1. The van der Waals surface area contributed by atoms with E-state index in [4.69, 9.17) is 4.74 Å². The molecule has 5 nitrogen and oxygen atoms in total. The van der Waals surface area contributed by atoms with E-state index in [1.807, 2.05) is 18.2 Å². The highest BCUT2D eigenvalue weighted by atomic mass is 32.2. The monoisotopic (exact) mass is 337 g/mol. The summed E-state index contributed by atoms with van der Waals surface area (Å²) >= 11 is 0. The van der Waals surface area contributed by atoms with Gasteiger partial charge in [-0.05, 0) is 44.7 Å². The molecule has 1 aromatic rings. The van der Waals surface area contributed by atoms with Gasteiger partial charge in [0.15, 0.2) is 9.84 Å². The molecule has 0 radical (unpaired) electrons. The van der Waals surface area contributed by atoms with Gasteiger partial charge >= 0.3 is 0 Å². The Labute approximate surface area is 137 Å². The van der Waals surface area contributed by atoms with E-state index < -0.39 is 14.6 Å². The number of amides is 1. The molecule has 0 aromatic heterocycles. The van der Waals surface area contributed by atoms with Crippen LogP contribution in [-0.2, 0) is 27.6 Å².